The summed E-state index contributed by atoms with van der Waals surface area (Å²) in [5.41, 5.74) is 1.12. The Morgan fingerprint density at radius 3 is 2.65 bits per heavy atom. The van der Waals surface area contributed by atoms with Gasteiger partial charge in [-0.05, 0) is 30.3 Å². The van der Waals surface area contributed by atoms with Crippen LogP contribution in [0.1, 0.15) is 12.5 Å². The van der Waals surface area contributed by atoms with Gasteiger partial charge in [0.1, 0.15) is 18.1 Å². The quantitative estimate of drug-likeness (QED) is 0.182. The van der Waals surface area contributed by atoms with Gasteiger partial charge in [-0.3, -0.25) is 9.79 Å². The molecule has 0 bridgehead atoms. The molecule has 0 aliphatic heterocycles. The third-order valence-corrected chi connectivity index (χ3v) is 3.96. The molecule has 0 aliphatic rings. The van der Waals surface area contributed by atoms with Crippen LogP contribution in [0.2, 0.25) is 5.02 Å². The van der Waals surface area contributed by atoms with E-state index in [9.17, 15) is 13.6 Å². The highest BCUT2D eigenvalue weighted by atomic mass is 127. The fourth-order valence-corrected chi connectivity index (χ4v) is 2.70. The molecule has 31 heavy (non-hydrogen) atoms. The van der Waals surface area contributed by atoms with Crippen molar-refractivity contribution in [2.75, 3.05) is 25.5 Å². The highest BCUT2D eigenvalue weighted by Gasteiger charge is 2.11. The van der Waals surface area contributed by atoms with E-state index in [1.807, 2.05) is 0 Å². The third kappa shape index (κ3) is 10.0. The number of nitrogens with one attached hydrogen (secondary N) is 3. The molecule has 0 atom stereocenters. The topological polar surface area (TPSA) is 84.0 Å². The molecule has 7 nitrogen and oxygen atoms in total. The lowest BCUT2D eigenvalue weighted by atomic mass is 10.2. The van der Waals surface area contributed by atoms with Crippen LogP contribution < -0.4 is 25.4 Å². The summed E-state index contributed by atoms with van der Waals surface area (Å²) in [6.45, 7) is -0.547. The van der Waals surface area contributed by atoms with Crippen LogP contribution in [0.4, 0.5) is 14.5 Å². The largest absolute Gasteiger partial charge is 0.492 e. The SMILES string of the molecule is CN=C(NCCOc1cccc(NC(C)=O)c1)NCc1cc(Cl)ccc1OC(F)F.I. The van der Waals surface area contributed by atoms with Gasteiger partial charge in [0.2, 0.25) is 5.91 Å². The second kappa shape index (κ2) is 13.9. The molecule has 0 unspecified atom stereocenters. The third-order valence-electron chi connectivity index (χ3n) is 3.73. The molecular weight excluding hydrogens is 545 g/mol. The van der Waals surface area contributed by atoms with Gasteiger partial charge in [-0.2, -0.15) is 8.78 Å². The van der Waals surface area contributed by atoms with Gasteiger partial charge in [-0.25, -0.2) is 0 Å². The number of hydrogen-bond donors (Lipinski definition) is 3. The van der Waals surface area contributed by atoms with E-state index in [0.29, 0.717) is 41.1 Å². The van der Waals surface area contributed by atoms with Crippen LogP contribution in [0, 0.1) is 0 Å². The average molecular weight is 569 g/mol. The highest BCUT2D eigenvalue weighted by Crippen LogP contribution is 2.24. The monoisotopic (exact) mass is 568 g/mol. The minimum Gasteiger partial charge on any atom is -0.492 e. The Kier molecular flexibility index (Phi) is 11.9. The Bertz CT molecular complexity index is 887. The van der Waals surface area contributed by atoms with Crippen LogP contribution in [0.25, 0.3) is 0 Å². The van der Waals surface area contributed by atoms with Gasteiger partial charge >= 0.3 is 6.61 Å². The van der Waals surface area contributed by atoms with E-state index in [1.165, 1.54) is 19.1 Å². The van der Waals surface area contributed by atoms with Crippen LogP contribution >= 0.6 is 35.6 Å². The van der Waals surface area contributed by atoms with Crippen molar-refractivity contribution in [2.45, 2.75) is 20.1 Å². The summed E-state index contributed by atoms with van der Waals surface area (Å²) in [5.74, 6) is 0.942. The fourth-order valence-electron chi connectivity index (χ4n) is 2.50. The van der Waals surface area contributed by atoms with E-state index in [0.717, 1.165) is 0 Å². The number of carbonyl (C=O) groups is 1. The van der Waals surface area contributed by atoms with Crippen molar-refractivity contribution in [2.24, 2.45) is 4.99 Å². The molecule has 2 rings (SSSR count). The first kappa shape index (κ1) is 26.7. The molecule has 3 N–H and O–H groups in total. The molecule has 0 saturated heterocycles. The van der Waals surface area contributed by atoms with E-state index in [1.54, 1.807) is 37.4 Å². The predicted molar refractivity (Wildman–Crippen MR) is 128 cm³/mol. The second-order valence-corrected chi connectivity index (χ2v) is 6.48. The molecule has 0 radical (unpaired) electrons. The van der Waals surface area contributed by atoms with E-state index >= 15 is 0 Å². The summed E-state index contributed by atoms with van der Waals surface area (Å²) in [7, 11) is 1.58. The first-order valence-corrected chi connectivity index (χ1v) is 9.43. The molecule has 11 heteroatoms. The van der Waals surface area contributed by atoms with Crippen molar-refractivity contribution in [1.82, 2.24) is 10.6 Å². The molecule has 1 amide bonds. The van der Waals surface area contributed by atoms with Gasteiger partial charge in [0.15, 0.2) is 5.96 Å². The highest BCUT2D eigenvalue weighted by molar-refractivity contribution is 14.0. The number of hydrogen-bond acceptors (Lipinski definition) is 4. The van der Waals surface area contributed by atoms with Crippen LogP contribution in [0.5, 0.6) is 11.5 Å². The molecule has 2 aromatic rings. The molecule has 0 heterocycles. The van der Waals surface area contributed by atoms with Gasteiger partial charge in [-0.1, -0.05) is 17.7 Å². The number of halogens is 4. The maximum absolute atomic E-state index is 12.6. The first-order chi connectivity index (χ1) is 14.4. The number of rotatable bonds is 9. The van der Waals surface area contributed by atoms with Crippen molar-refractivity contribution in [3.05, 3.63) is 53.1 Å². The van der Waals surface area contributed by atoms with E-state index in [-0.39, 0.29) is 42.2 Å². The maximum atomic E-state index is 12.6. The Morgan fingerprint density at radius 1 is 1.19 bits per heavy atom. The smallest absolute Gasteiger partial charge is 0.387 e. The number of alkyl halides is 2. The molecule has 0 spiro atoms. The van der Waals surface area contributed by atoms with Gasteiger partial charge < -0.3 is 25.4 Å². The number of ether oxygens (including phenoxy) is 2. The fraction of sp³-hybridized carbons (Fsp3) is 0.300. The van der Waals surface area contributed by atoms with Crippen LogP contribution in [-0.4, -0.2) is 38.7 Å². The molecule has 170 valence electrons. The molecular formula is C20H24ClF2IN4O3. The number of benzene rings is 2. The summed E-state index contributed by atoms with van der Waals surface area (Å²) in [6, 6.07) is 11.5. The molecule has 0 saturated carbocycles. The summed E-state index contributed by atoms with van der Waals surface area (Å²) in [5, 5.41) is 9.16. The zero-order chi connectivity index (χ0) is 21.9. The zero-order valence-electron chi connectivity index (χ0n) is 17.0. The first-order valence-electron chi connectivity index (χ1n) is 9.05. The minimum absolute atomic E-state index is 0. The summed E-state index contributed by atoms with van der Waals surface area (Å²) in [4.78, 5) is 15.2. The number of aliphatic imine (C=N–C) groups is 1. The second-order valence-electron chi connectivity index (χ2n) is 6.04. The van der Waals surface area contributed by atoms with Gasteiger partial charge in [0.25, 0.3) is 0 Å². The number of nitrogens with zero attached hydrogens (tertiary/aromatic N) is 1. The normalized spacial score (nSPS) is 10.8. The van der Waals surface area contributed by atoms with Crippen LogP contribution in [0.15, 0.2) is 47.5 Å². The Labute approximate surface area is 201 Å². The van der Waals surface area contributed by atoms with Gasteiger partial charge in [-0.15, -0.1) is 24.0 Å². The Morgan fingerprint density at radius 2 is 1.97 bits per heavy atom. The predicted octanol–water partition coefficient (Wildman–Crippen LogP) is 4.26. The van der Waals surface area contributed by atoms with E-state index < -0.39 is 6.61 Å². The summed E-state index contributed by atoms with van der Waals surface area (Å²) < 4.78 is 35.3. The van der Waals surface area contributed by atoms with Gasteiger partial charge in [0.05, 0.1) is 6.54 Å². The van der Waals surface area contributed by atoms with Gasteiger partial charge in [0, 0.05) is 42.9 Å². The number of amides is 1. The Hall–Kier alpha value is -2.34. The Balaban J connectivity index is 0.00000480. The van der Waals surface area contributed by atoms with Crippen molar-refractivity contribution in [3.63, 3.8) is 0 Å². The molecule has 0 aliphatic carbocycles. The van der Waals surface area contributed by atoms with Crippen molar-refractivity contribution in [1.29, 1.82) is 0 Å². The average Bonchev–Trinajstić information content (AvgIpc) is 2.68. The molecule has 2 aromatic carbocycles. The van der Waals surface area contributed by atoms with E-state index in [2.05, 4.69) is 25.7 Å². The maximum Gasteiger partial charge on any atom is 0.387 e. The van der Waals surface area contributed by atoms with Crippen molar-refractivity contribution < 1.29 is 23.0 Å². The van der Waals surface area contributed by atoms with Crippen molar-refractivity contribution >= 4 is 53.1 Å². The van der Waals surface area contributed by atoms with E-state index in [4.69, 9.17) is 16.3 Å². The lowest BCUT2D eigenvalue weighted by Crippen LogP contribution is -2.39. The number of anilines is 1. The van der Waals surface area contributed by atoms with Crippen molar-refractivity contribution in [3.8, 4) is 11.5 Å². The molecule has 0 fully saturated rings. The van der Waals surface area contributed by atoms with Crippen LogP contribution in [0.3, 0.4) is 0 Å². The lowest BCUT2D eigenvalue weighted by molar-refractivity contribution is -0.114. The number of guanidine groups is 1. The summed E-state index contributed by atoms with van der Waals surface area (Å²) in [6.07, 6.45) is 0. The lowest BCUT2D eigenvalue weighted by Gasteiger charge is -2.15. The minimum atomic E-state index is -2.93. The zero-order valence-corrected chi connectivity index (χ0v) is 20.0. The summed E-state index contributed by atoms with van der Waals surface area (Å²) >= 11 is 5.95. The standard InChI is InChI=1S/C20H23ClF2N4O3.HI/c1-13(28)27-16-4-3-5-17(11-16)29-9-8-25-20(24-2)26-12-14-10-15(21)6-7-18(14)30-19(22)23;/h3-7,10-11,19H,8-9,12H2,1-2H3,(H,27,28)(H2,24,25,26);1H. The number of carbonyl (C=O) groups excluding carboxylic acids is 1. The van der Waals surface area contributed by atoms with Crippen LogP contribution in [-0.2, 0) is 11.3 Å². The molecule has 0 aromatic heterocycles.